The molecule has 0 saturated carbocycles. The Morgan fingerprint density at radius 1 is 1.00 bits per heavy atom. The lowest BCUT2D eigenvalue weighted by molar-refractivity contribution is 0.0534. The average molecular weight is 392 g/mol. The predicted octanol–water partition coefficient (Wildman–Crippen LogP) is 6.49. The molecule has 0 atom stereocenters. The number of ether oxygens (including phenoxy) is 1. The first-order chi connectivity index (χ1) is 13.7. The van der Waals surface area contributed by atoms with Crippen molar-refractivity contribution in [1.82, 2.24) is 5.32 Å². The maximum Gasteiger partial charge on any atom is 0.407 e. The number of allylic oxidation sites excluding steroid dienone is 1. The maximum absolute atomic E-state index is 11.6. The van der Waals surface area contributed by atoms with Crippen LogP contribution in [0.3, 0.4) is 0 Å². The minimum atomic E-state index is -0.478. The highest BCUT2D eigenvalue weighted by Gasteiger charge is 2.14. The van der Waals surface area contributed by atoms with Crippen LogP contribution in [0, 0.1) is 13.8 Å². The standard InChI is InChI=1S/C26H33NO2/c1-20-11-8-12-21(2)24(20)17-7-6-13-22-14-9-15-23(19-22)16-10-18-27-25(28)29-26(3,4)5/h7-12,14-17,19H,6,13,18H2,1-5H3,(H,27,28)/b16-10+,17-7+. The van der Waals surface area contributed by atoms with Crippen molar-refractivity contribution >= 4 is 18.2 Å². The van der Waals surface area contributed by atoms with E-state index >= 15 is 0 Å². The van der Waals surface area contributed by atoms with Gasteiger partial charge < -0.3 is 10.1 Å². The molecule has 0 unspecified atom stereocenters. The first-order valence-electron chi connectivity index (χ1n) is 10.2. The van der Waals surface area contributed by atoms with Gasteiger partial charge in [0, 0.05) is 6.54 Å². The Labute approximate surface area is 175 Å². The molecule has 0 saturated heterocycles. The van der Waals surface area contributed by atoms with E-state index in [1.54, 1.807) is 0 Å². The number of nitrogens with one attached hydrogen (secondary N) is 1. The maximum atomic E-state index is 11.6. The summed E-state index contributed by atoms with van der Waals surface area (Å²) in [6, 6.07) is 14.9. The van der Waals surface area contributed by atoms with Crippen LogP contribution in [0.2, 0.25) is 0 Å². The predicted molar refractivity (Wildman–Crippen MR) is 123 cm³/mol. The Morgan fingerprint density at radius 3 is 2.38 bits per heavy atom. The van der Waals surface area contributed by atoms with Gasteiger partial charge in [-0.2, -0.15) is 0 Å². The van der Waals surface area contributed by atoms with Crippen molar-refractivity contribution in [2.75, 3.05) is 6.54 Å². The number of hydrogen-bond donors (Lipinski definition) is 1. The molecule has 2 aromatic rings. The number of alkyl carbamates (subject to hydrolysis) is 1. The second-order valence-electron chi connectivity index (χ2n) is 8.28. The van der Waals surface area contributed by atoms with Gasteiger partial charge in [0.1, 0.15) is 5.60 Å². The topological polar surface area (TPSA) is 38.3 Å². The van der Waals surface area contributed by atoms with Gasteiger partial charge in [0.25, 0.3) is 0 Å². The van der Waals surface area contributed by atoms with Gasteiger partial charge in [0.15, 0.2) is 0 Å². The highest BCUT2D eigenvalue weighted by molar-refractivity contribution is 5.68. The lowest BCUT2D eigenvalue weighted by Gasteiger charge is -2.19. The zero-order valence-electron chi connectivity index (χ0n) is 18.3. The van der Waals surface area contributed by atoms with Crippen molar-refractivity contribution in [3.05, 3.63) is 82.4 Å². The van der Waals surface area contributed by atoms with Gasteiger partial charge >= 0.3 is 6.09 Å². The summed E-state index contributed by atoms with van der Waals surface area (Å²) >= 11 is 0. The lowest BCUT2D eigenvalue weighted by Crippen LogP contribution is -2.32. The van der Waals surface area contributed by atoms with Gasteiger partial charge in [-0.25, -0.2) is 4.79 Å². The fourth-order valence-corrected chi connectivity index (χ4v) is 3.05. The van der Waals surface area contributed by atoms with Crippen molar-refractivity contribution in [2.45, 2.75) is 53.1 Å². The number of amides is 1. The molecule has 0 aromatic heterocycles. The molecule has 154 valence electrons. The van der Waals surface area contributed by atoms with Crippen LogP contribution >= 0.6 is 0 Å². The minimum Gasteiger partial charge on any atom is -0.444 e. The Kier molecular flexibility index (Phi) is 8.26. The summed E-state index contributed by atoms with van der Waals surface area (Å²) in [6.07, 6.45) is 10.0. The van der Waals surface area contributed by atoms with E-state index in [2.05, 4.69) is 73.8 Å². The third kappa shape index (κ3) is 8.39. The molecule has 0 spiro atoms. The van der Waals surface area contributed by atoms with Crippen LogP contribution < -0.4 is 5.32 Å². The van der Waals surface area contributed by atoms with Crippen LogP contribution in [0.15, 0.2) is 54.6 Å². The van der Waals surface area contributed by atoms with Crippen LogP contribution in [0.4, 0.5) is 4.79 Å². The molecular weight excluding hydrogens is 358 g/mol. The second-order valence-corrected chi connectivity index (χ2v) is 8.28. The van der Waals surface area contributed by atoms with Crippen molar-refractivity contribution in [3.8, 4) is 0 Å². The minimum absolute atomic E-state index is 0.397. The van der Waals surface area contributed by atoms with Gasteiger partial charge in [-0.1, -0.05) is 66.8 Å². The van der Waals surface area contributed by atoms with E-state index in [1.165, 1.54) is 22.3 Å². The van der Waals surface area contributed by atoms with E-state index in [-0.39, 0.29) is 0 Å². The fraction of sp³-hybridized carbons (Fsp3) is 0.346. The average Bonchev–Trinajstić information content (AvgIpc) is 2.63. The molecule has 2 rings (SSSR count). The smallest absolute Gasteiger partial charge is 0.407 e. The van der Waals surface area contributed by atoms with Crippen molar-refractivity contribution in [3.63, 3.8) is 0 Å². The van der Waals surface area contributed by atoms with Crippen LogP contribution in [-0.2, 0) is 11.2 Å². The first-order valence-corrected chi connectivity index (χ1v) is 10.2. The zero-order valence-corrected chi connectivity index (χ0v) is 18.3. The quantitative estimate of drug-likeness (QED) is 0.586. The number of hydrogen-bond acceptors (Lipinski definition) is 2. The van der Waals surface area contributed by atoms with Crippen LogP contribution in [-0.4, -0.2) is 18.2 Å². The van der Waals surface area contributed by atoms with E-state index in [1.807, 2.05) is 32.9 Å². The Balaban J connectivity index is 1.83. The van der Waals surface area contributed by atoms with Crippen LogP contribution in [0.1, 0.15) is 55.0 Å². The van der Waals surface area contributed by atoms with E-state index in [9.17, 15) is 4.79 Å². The van der Waals surface area contributed by atoms with Crippen molar-refractivity contribution in [1.29, 1.82) is 0 Å². The molecule has 2 aromatic carbocycles. The van der Waals surface area contributed by atoms with E-state index < -0.39 is 11.7 Å². The SMILES string of the molecule is Cc1cccc(C)c1/C=C/CCc1cccc(/C=C/CNC(=O)OC(C)(C)C)c1. The fourth-order valence-electron chi connectivity index (χ4n) is 3.05. The van der Waals surface area contributed by atoms with Crippen molar-refractivity contribution < 1.29 is 9.53 Å². The molecule has 0 radical (unpaired) electrons. The summed E-state index contributed by atoms with van der Waals surface area (Å²) in [5.41, 5.74) is 5.91. The third-order valence-electron chi connectivity index (χ3n) is 4.45. The molecule has 29 heavy (non-hydrogen) atoms. The molecule has 3 heteroatoms. The molecule has 0 aliphatic heterocycles. The molecule has 0 aliphatic carbocycles. The lowest BCUT2D eigenvalue weighted by atomic mass is 10.0. The summed E-state index contributed by atoms with van der Waals surface area (Å²) in [7, 11) is 0. The molecule has 1 amide bonds. The van der Waals surface area contributed by atoms with Gasteiger partial charge in [-0.3, -0.25) is 0 Å². The monoisotopic (exact) mass is 391 g/mol. The molecule has 3 nitrogen and oxygen atoms in total. The van der Waals surface area contributed by atoms with E-state index in [0.29, 0.717) is 6.54 Å². The molecule has 0 aliphatic rings. The summed E-state index contributed by atoms with van der Waals surface area (Å²) in [5, 5.41) is 2.73. The second kappa shape index (κ2) is 10.7. The van der Waals surface area contributed by atoms with Crippen LogP contribution in [0.25, 0.3) is 12.2 Å². The molecule has 1 N–H and O–H groups in total. The van der Waals surface area contributed by atoms with Gasteiger partial charge in [-0.05, 0) is 75.3 Å². The number of carbonyl (C=O) groups excluding carboxylic acids is 1. The van der Waals surface area contributed by atoms with Gasteiger partial charge in [-0.15, -0.1) is 0 Å². The molecule has 0 fully saturated rings. The molecule has 0 bridgehead atoms. The molecular formula is C26H33NO2. The first kappa shape index (κ1) is 22.5. The van der Waals surface area contributed by atoms with Crippen LogP contribution in [0.5, 0.6) is 0 Å². The summed E-state index contributed by atoms with van der Waals surface area (Å²) in [5.74, 6) is 0. The van der Waals surface area contributed by atoms with Gasteiger partial charge in [0.2, 0.25) is 0 Å². The third-order valence-corrected chi connectivity index (χ3v) is 4.45. The Bertz CT molecular complexity index is 852. The number of aryl methyl sites for hydroxylation is 3. The number of benzene rings is 2. The highest BCUT2D eigenvalue weighted by Crippen LogP contribution is 2.16. The number of rotatable bonds is 7. The van der Waals surface area contributed by atoms with Crippen molar-refractivity contribution in [2.24, 2.45) is 0 Å². The van der Waals surface area contributed by atoms with E-state index in [0.717, 1.165) is 18.4 Å². The zero-order chi connectivity index (χ0) is 21.3. The number of carbonyl (C=O) groups is 1. The normalized spacial score (nSPS) is 11.9. The highest BCUT2D eigenvalue weighted by atomic mass is 16.6. The Hall–Kier alpha value is -2.81. The Morgan fingerprint density at radius 2 is 1.69 bits per heavy atom. The summed E-state index contributed by atoms with van der Waals surface area (Å²) in [4.78, 5) is 11.6. The largest absolute Gasteiger partial charge is 0.444 e. The summed E-state index contributed by atoms with van der Waals surface area (Å²) < 4.78 is 5.22. The molecule has 0 heterocycles. The summed E-state index contributed by atoms with van der Waals surface area (Å²) in [6.45, 7) is 10.3. The van der Waals surface area contributed by atoms with E-state index in [4.69, 9.17) is 4.74 Å². The van der Waals surface area contributed by atoms with Gasteiger partial charge in [0.05, 0.1) is 0 Å².